The molecule has 150 valence electrons. The van der Waals surface area contributed by atoms with Crippen molar-refractivity contribution in [1.29, 1.82) is 0 Å². The third-order valence-electron chi connectivity index (χ3n) is 5.43. The van der Waals surface area contributed by atoms with Crippen LogP contribution in [0.2, 0.25) is 0 Å². The summed E-state index contributed by atoms with van der Waals surface area (Å²) in [6.45, 7) is 3.77. The maximum absolute atomic E-state index is 13.2. The van der Waals surface area contributed by atoms with E-state index in [9.17, 15) is 22.6 Å². The van der Waals surface area contributed by atoms with Crippen LogP contribution in [0.4, 0.5) is 0 Å². The number of aryl methyl sites for hydroxylation is 2. The highest BCUT2D eigenvalue weighted by molar-refractivity contribution is 7.84. The molecule has 0 saturated carbocycles. The number of aromatic nitrogens is 2. The van der Waals surface area contributed by atoms with Crippen molar-refractivity contribution in [1.82, 2.24) is 8.96 Å². The Morgan fingerprint density at radius 3 is 2.27 bits per heavy atom. The van der Waals surface area contributed by atoms with Crippen LogP contribution in [-0.2, 0) is 10.3 Å². The first kappa shape index (κ1) is 18.5. The van der Waals surface area contributed by atoms with Crippen LogP contribution < -0.4 is 10.9 Å². The zero-order valence-corrected chi connectivity index (χ0v) is 16.9. The number of benzene rings is 3. The summed E-state index contributed by atoms with van der Waals surface area (Å²) in [4.78, 5) is 29.5. The summed E-state index contributed by atoms with van der Waals surface area (Å²) >= 11 is 0. The quantitative estimate of drug-likeness (QED) is 0.319. The average molecular weight is 420 g/mol. The lowest BCUT2D eigenvalue weighted by molar-refractivity contribution is 0.476. The SMILES string of the molecule is Cc1cc(C)c2[nH]c3cc4c(=O)c5ccccc5n(S(=O)(=O)O)c4cc3c(=O)c2c1. The molecular formula is C22H16N2O5S. The minimum atomic E-state index is -4.74. The van der Waals surface area contributed by atoms with E-state index in [0.29, 0.717) is 20.4 Å². The predicted molar refractivity (Wildman–Crippen MR) is 118 cm³/mol. The predicted octanol–water partition coefficient (Wildman–Crippen LogP) is 3.42. The van der Waals surface area contributed by atoms with Gasteiger partial charge in [-0.2, -0.15) is 8.42 Å². The topological polar surface area (TPSA) is 109 Å². The van der Waals surface area contributed by atoms with E-state index in [1.54, 1.807) is 18.2 Å². The summed E-state index contributed by atoms with van der Waals surface area (Å²) in [5.74, 6) is 0. The first-order valence-electron chi connectivity index (χ1n) is 9.19. The van der Waals surface area contributed by atoms with E-state index in [2.05, 4.69) is 4.98 Å². The Balaban J connectivity index is 2.12. The fourth-order valence-corrected chi connectivity index (χ4v) is 5.00. The summed E-state index contributed by atoms with van der Waals surface area (Å²) in [5, 5.41) is 0.934. The van der Waals surface area contributed by atoms with E-state index in [4.69, 9.17) is 0 Å². The summed E-state index contributed by atoms with van der Waals surface area (Å²) in [5.41, 5.74) is 2.21. The van der Waals surface area contributed by atoms with Crippen LogP contribution in [0, 0.1) is 13.8 Å². The number of nitrogens with one attached hydrogen (secondary N) is 1. The maximum atomic E-state index is 13.2. The molecule has 0 aliphatic carbocycles. The normalized spacial score (nSPS) is 12.4. The van der Waals surface area contributed by atoms with Gasteiger partial charge in [0.1, 0.15) is 0 Å². The van der Waals surface area contributed by atoms with Gasteiger partial charge in [-0.15, -0.1) is 0 Å². The van der Waals surface area contributed by atoms with Crippen molar-refractivity contribution in [3.63, 3.8) is 0 Å². The van der Waals surface area contributed by atoms with Crippen molar-refractivity contribution in [2.45, 2.75) is 13.8 Å². The number of aromatic amines is 1. The third-order valence-corrected chi connectivity index (χ3v) is 6.28. The van der Waals surface area contributed by atoms with Crippen LogP contribution >= 0.6 is 0 Å². The van der Waals surface area contributed by atoms with Crippen LogP contribution in [-0.4, -0.2) is 21.9 Å². The molecule has 5 rings (SSSR count). The summed E-state index contributed by atoms with van der Waals surface area (Å²) in [6.07, 6.45) is 0. The lowest BCUT2D eigenvalue weighted by Gasteiger charge is -2.13. The number of hydrogen-bond acceptors (Lipinski definition) is 4. The van der Waals surface area contributed by atoms with E-state index < -0.39 is 10.3 Å². The molecule has 5 aromatic rings. The highest BCUT2D eigenvalue weighted by Crippen LogP contribution is 2.26. The number of hydrogen-bond donors (Lipinski definition) is 2. The fraction of sp³-hybridized carbons (Fsp3) is 0.0909. The van der Waals surface area contributed by atoms with Crippen molar-refractivity contribution < 1.29 is 13.0 Å². The Bertz CT molecular complexity index is 1780. The van der Waals surface area contributed by atoms with Gasteiger partial charge in [0.15, 0.2) is 10.9 Å². The molecule has 0 saturated heterocycles. The van der Waals surface area contributed by atoms with Crippen LogP contribution in [0.3, 0.4) is 0 Å². The van der Waals surface area contributed by atoms with Crippen LogP contribution in [0.25, 0.3) is 43.6 Å². The van der Waals surface area contributed by atoms with E-state index in [1.165, 1.54) is 24.3 Å². The molecule has 0 fully saturated rings. The average Bonchev–Trinajstić information content (AvgIpc) is 2.68. The van der Waals surface area contributed by atoms with E-state index in [-0.39, 0.29) is 38.0 Å². The van der Waals surface area contributed by atoms with E-state index in [0.717, 1.165) is 11.1 Å². The van der Waals surface area contributed by atoms with Gasteiger partial charge in [-0.25, -0.2) is 3.97 Å². The van der Waals surface area contributed by atoms with E-state index in [1.807, 2.05) is 19.9 Å². The minimum absolute atomic E-state index is 0.0424. The highest BCUT2D eigenvalue weighted by atomic mass is 32.2. The highest BCUT2D eigenvalue weighted by Gasteiger charge is 2.20. The van der Waals surface area contributed by atoms with Gasteiger partial charge in [-0.3, -0.25) is 14.1 Å². The molecule has 0 aliphatic heterocycles. The van der Waals surface area contributed by atoms with Gasteiger partial charge in [0.2, 0.25) is 0 Å². The molecule has 0 unspecified atom stereocenters. The van der Waals surface area contributed by atoms with Gasteiger partial charge in [0.25, 0.3) is 0 Å². The second-order valence-corrected chi connectivity index (χ2v) is 8.72. The first-order valence-corrected chi connectivity index (χ1v) is 10.6. The molecule has 7 nitrogen and oxygen atoms in total. The molecule has 2 N–H and O–H groups in total. The molecule has 2 aromatic heterocycles. The molecule has 30 heavy (non-hydrogen) atoms. The second-order valence-electron chi connectivity index (χ2n) is 7.46. The molecule has 2 heterocycles. The molecule has 0 atom stereocenters. The van der Waals surface area contributed by atoms with Gasteiger partial charge in [0, 0.05) is 21.5 Å². The monoisotopic (exact) mass is 420 g/mol. The summed E-state index contributed by atoms with van der Waals surface area (Å²) in [6, 6.07) is 12.7. The summed E-state index contributed by atoms with van der Waals surface area (Å²) in [7, 11) is -4.74. The lowest BCUT2D eigenvalue weighted by Crippen LogP contribution is -2.18. The van der Waals surface area contributed by atoms with Gasteiger partial charge in [-0.05, 0) is 55.3 Å². The van der Waals surface area contributed by atoms with Crippen molar-refractivity contribution >= 4 is 53.9 Å². The Labute approximate surface area is 170 Å². The molecule has 0 aliphatic rings. The fourth-order valence-electron chi connectivity index (χ4n) is 4.19. The number of H-pyrrole nitrogens is 1. The summed E-state index contributed by atoms with van der Waals surface area (Å²) < 4.78 is 35.1. The number of para-hydroxylation sites is 1. The van der Waals surface area contributed by atoms with Crippen molar-refractivity contribution in [2.75, 3.05) is 0 Å². The zero-order chi connectivity index (χ0) is 21.4. The Hall–Kier alpha value is -3.49. The maximum Gasteiger partial charge on any atom is 0.364 e. The molecule has 0 radical (unpaired) electrons. The Kier molecular flexibility index (Phi) is 3.71. The second kappa shape index (κ2) is 6.01. The largest absolute Gasteiger partial charge is 0.364 e. The van der Waals surface area contributed by atoms with Crippen LogP contribution in [0.1, 0.15) is 11.1 Å². The van der Waals surface area contributed by atoms with Crippen molar-refractivity contribution in [3.8, 4) is 0 Å². The van der Waals surface area contributed by atoms with Gasteiger partial charge in [0.05, 0.1) is 22.1 Å². The molecule has 0 amide bonds. The number of rotatable bonds is 1. The van der Waals surface area contributed by atoms with Crippen molar-refractivity contribution in [3.05, 3.63) is 80.1 Å². The number of fused-ring (bicyclic) bond motifs is 4. The first-order chi connectivity index (χ1) is 14.2. The zero-order valence-electron chi connectivity index (χ0n) is 16.1. The van der Waals surface area contributed by atoms with Gasteiger partial charge in [-0.1, -0.05) is 18.2 Å². The number of pyridine rings is 2. The van der Waals surface area contributed by atoms with Crippen LogP contribution in [0.5, 0.6) is 0 Å². The molecular weight excluding hydrogens is 404 g/mol. The standard InChI is InChI=1S/C22H16N2O5S/c1-11-7-12(2)20-16(8-11)22(26)14-10-19-15(9-17(14)23-20)21(25)13-5-3-4-6-18(13)24(19)30(27,28)29/h3-10H,1-2H3,(H,23,26)(H,27,28,29). The van der Waals surface area contributed by atoms with Gasteiger partial charge < -0.3 is 4.98 Å². The Morgan fingerprint density at radius 2 is 1.53 bits per heavy atom. The smallest absolute Gasteiger partial charge is 0.354 e. The molecule has 0 bridgehead atoms. The molecule has 8 heteroatoms. The Morgan fingerprint density at radius 1 is 0.833 bits per heavy atom. The van der Waals surface area contributed by atoms with Crippen molar-refractivity contribution in [2.24, 2.45) is 0 Å². The molecule has 3 aromatic carbocycles. The molecule has 0 spiro atoms. The minimum Gasteiger partial charge on any atom is -0.354 e. The van der Waals surface area contributed by atoms with Crippen LogP contribution in [0.15, 0.2) is 58.1 Å². The van der Waals surface area contributed by atoms with Gasteiger partial charge >= 0.3 is 10.3 Å². The van der Waals surface area contributed by atoms with E-state index >= 15 is 0 Å². The lowest BCUT2D eigenvalue weighted by atomic mass is 10.0. The number of nitrogens with zero attached hydrogens (tertiary/aromatic N) is 1. The third kappa shape index (κ3) is 2.51.